The molecule has 2 N–H and O–H groups in total. The molecule has 0 radical (unpaired) electrons. The van der Waals surface area contributed by atoms with E-state index < -0.39 is 11.6 Å². The fourth-order valence-corrected chi connectivity index (χ4v) is 2.00. The quantitative estimate of drug-likeness (QED) is 0.780. The zero-order chi connectivity index (χ0) is 14.1. The fraction of sp³-hybridized carbons (Fsp3) is 0. The number of halogens is 2. The first-order chi connectivity index (χ1) is 9.66. The lowest BCUT2D eigenvalue weighted by Crippen LogP contribution is -2.01. The monoisotopic (exact) mass is 272 g/mol. The normalized spacial score (nSPS) is 10.7. The topological polar surface area (TPSA) is 56.7 Å². The van der Waals surface area contributed by atoms with Gasteiger partial charge < -0.3 is 5.73 Å². The van der Waals surface area contributed by atoms with Crippen LogP contribution < -0.4 is 5.73 Å². The molecule has 0 unspecified atom stereocenters. The van der Waals surface area contributed by atoms with Gasteiger partial charge in [-0.05, 0) is 24.3 Å². The van der Waals surface area contributed by atoms with Crippen LogP contribution in [-0.4, -0.2) is 14.5 Å². The predicted octanol–water partition coefficient (Wildman–Crippen LogP) is 2.79. The van der Waals surface area contributed by atoms with Crippen LogP contribution in [0.2, 0.25) is 0 Å². The van der Waals surface area contributed by atoms with Crippen LogP contribution in [0.3, 0.4) is 0 Å². The molecule has 0 saturated carbocycles. The van der Waals surface area contributed by atoms with Crippen molar-refractivity contribution in [3.63, 3.8) is 0 Å². The van der Waals surface area contributed by atoms with Gasteiger partial charge in [0.25, 0.3) is 0 Å². The van der Waals surface area contributed by atoms with Crippen molar-refractivity contribution in [3.8, 4) is 16.9 Å². The van der Waals surface area contributed by atoms with Gasteiger partial charge in [-0.3, -0.25) is 4.57 Å². The highest BCUT2D eigenvalue weighted by Gasteiger charge is 2.13. The van der Waals surface area contributed by atoms with Gasteiger partial charge in [0.05, 0.1) is 23.9 Å². The SMILES string of the molecule is Nc1ncccc1-c1cncn1-c1ccc(F)cc1F. The molecule has 0 aliphatic heterocycles. The molecular formula is C14H10F2N4. The summed E-state index contributed by atoms with van der Waals surface area (Å²) in [7, 11) is 0. The summed E-state index contributed by atoms with van der Waals surface area (Å²) in [6.45, 7) is 0. The number of aromatic nitrogens is 3. The second-order valence-corrected chi connectivity index (χ2v) is 4.18. The lowest BCUT2D eigenvalue weighted by molar-refractivity contribution is 0.578. The lowest BCUT2D eigenvalue weighted by atomic mass is 10.2. The van der Waals surface area contributed by atoms with E-state index in [9.17, 15) is 8.78 Å². The number of hydrogen-bond acceptors (Lipinski definition) is 3. The number of pyridine rings is 1. The molecule has 0 saturated heterocycles. The van der Waals surface area contributed by atoms with E-state index in [1.54, 1.807) is 24.5 Å². The molecule has 0 aliphatic rings. The van der Waals surface area contributed by atoms with E-state index in [2.05, 4.69) is 9.97 Å². The van der Waals surface area contributed by atoms with E-state index in [0.29, 0.717) is 17.1 Å². The zero-order valence-corrected chi connectivity index (χ0v) is 10.3. The Morgan fingerprint density at radius 2 is 2.00 bits per heavy atom. The molecule has 0 aliphatic carbocycles. The number of nitrogen functional groups attached to an aromatic ring is 1. The predicted molar refractivity (Wildman–Crippen MR) is 71.1 cm³/mol. The zero-order valence-electron chi connectivity index (χ0n) is 10.3. The molecule has 100 valence electrons. The molecule has 20 heavy (non-hydrogen) atoms. The van der Waals surface area contributed by atoms with Gasteiger partial charge in [-0.15, -0.1) is 0 Å². The molecule has 6 heteroatoms. The van der Waals surface area contributed by atoms with Crippen LogP contribution >= 0.6 is 0 Å². The van der Waals surface area contributed by atoms with Crippen LogP contribution in [0.4, 0.5) is 14.6 Å². The highest BCUT2D eigenvalue weighted by molar-refractivity contribution is 5.72. The van der Waals surface area contributed by atoms with Crippen molar-refractivity contribution in [2.45, 2.75) is 0 Å². The minimum atomic E-state index is -0.674. The number of anilines is 1. The molecule has 0 bridgehead atoms. The van der Waals surface area contributed by atoms with Crippen molar-refractivity contribution in [2.75, 3.05) is 5.73 Å². The van der Waals surface area contributed by atoms with Crippen molar-refractivity contribution in [1.29, 1.82) is 0 Å². The molecule has 0 fully saturated rings. The Morgan fingerprint density at radius 1 is 1.15 bits per heavy atom. The molecule has 0 spiro atoms. The van der Waals surface area contributed by atoms with E-state index in [4.69, 9.17) is 5.73 Å². The van der Waals surface area contributed by atoms with Gasteiger partial charge in [0.1, 0.15) is 17.5 Å². The average molecular weight is 272 g/mol. The van der Waals surface area contributed by atoms with Crippen LogP contribution in [0.5, 0.6) is 0 Å². The first-order valence-corrected chi connectivity index (χ1v) is 5.85. The third-order valence-corrected chi connectivity index (χ3v) is 2.92. The van der Waals surface area contributed by atoms with Gasteiger partial charge in [-0.1, -0.05) is 0 Å². The number of imidazole rings is 1. The van der Waals surface area contributed by atoms with Crippen LogP contribution in [-0.2, 0) is 0 Å². The molecule has 2 aromatic heterocycles. The maximum Gasteiger partial charge on any atom is 0.150 e. The third kappa shape index (κ3) is 2.01. The molecule has 3 rings (SSSR count). The largest absolute Gasteiger partial charge is 0.383 e. The van der Waals surface area contributed by atoms with Crippen LogP contribution in [0.25, 0.3) is 16.9 Å². The first kappa shape index (κ1) is 12.3. The summed E-state index contributed by atoms with van der Waals surface area (Å²) in [6, 6.07) is 6.85. The standard InChI is InChI=1S/C14H10F2N4/c15-9-3-4-12(11(16)6-9)20-8-18-7-13(20)10-2-1-5-19-14(10)17/h1-8H,(H2,17,19). The molecule has 0 atom stereocenters. The second kappa shape index (κ2) is 4.73. The highest BCUT2D eigenvalue weighted by Crippen LogP contribution is 2.27. The number of benzene rings is 1. The number of nitrogens with zero attached hydrogens (tertiary/aromatic N) is 3. The number of rotatable bonds is 2. The summed E-state index contributed by atoms with van der Waals surface area (Å²) >= 11 is 0. The molecular weight excluding hydrogens is 262 g/mol. The molecule has 1 aromatic carbocycles. The van der Waals surface area contributed by atoms with Gasteiger partial charge in [0.2, 0.25) is 0 Å². The van der Waals surface area contributed by atoms with Crippen molar-refractivity contribution >= 4 is 5.82 Å². The van der Waals surface area contributed by atoms with E-state index >= 15 is 0 Å². The van der Waals surface area contributed by atoms with Crippen LogP contribution in [0.15, 0.2) is 49.1 Å². The van der Waals surface area contributed by atoms with Gasteiger partial charge in [-0.2, -0.15) is 0 Å². The van der Waals surface area contributed by atoms with Crippen molar-refractivity contribution < 1.29 is 8.78 Å². The van der Waals surface area contributed by atoms with Gasteiger partial charge in [-0.25, -0.2) is 18.7 Å². The minimum Gasteiger partial charge on any atom is -0.383 e. The summed E-state index contributed by atoms with van der Waals surface area (Å²) in [5.41, 5.74) is 7.23. The van der Waals surface area contributed by atoms with Crippen molar-refractivity contribution in [3.05, 3.63) is 60.7 Å². The van der Waals surface area contributed by atoms with Crippen molar-refractivity contribution in [1.82, 2.24) is 14.5 Å². The Kier molecular flexibility index (Phi) is 2.90. The summed E-state index contributed by atoms with van der Waals surface area (Å²) in [5.74, 6) is -0.989. The fourth-order valence-electron chi connectivity index (χ4n) is 2.00. The average Bonchev–Trinajstić information content (AvgIpc) is 2.88. The van der Waals surface area contributed by atoms with Gasteiger partial charge in [0, 0.05) is 17.8 Å². The number of nitrogens with two attached hydrogens (primary N) is 1. The number of hydrogen-bond donors (Lipinski definition) is 1. The summed E-state index contributed by atoms with van der Waals surface area (Å²) < 4.78 is 28.4. The summed E-state index contributed by atoms with van der Waals surface area (Å²) in [4.78, 5) is 7.99. The van der Waals surface area contributed by atoms with Crippen molar-refractivity contribution in [2.24, 2.45) is 0 Å². The van der Waals surface area contributed by atoms with E-state index in [1.165, 1.54) is 23.0 Å². The first-order valence-electron chi connectivity index (χ1n) is 5.85. The molecule has 0 amide bonds. The maximum atomic E-state index is 13.9. The van der Waals surface area contributed by atoms with E-state index in [0.717, 1.165) is 6.07 Å². The van der Waals surface area contributed by atoms with Gasteiger partial charge >= 0.3 is 0 Å². The maximum absolute atomic E-state index is 13.9. The highest BCUT2D eigenvalue weighted by atomic mass is 19.1. The Morgan fingerprint density at radius 3 is 2.75 bits per heavy atom. The molecule has 2 heterocycles. The van der Waals surface area contributed by atoms with Crippen LogP contribution in [0.1, 0.15) is 0 Å². The Bertz CT molecular complexity index is 767. The Hall–Kier alpha value is -2.76. The summed E-state index contributed by atoms with van der Waals surface area (Å²) in [6.07, 6.45) is 4.56. The smallest absolute Gasteiger partial charge is 0.150 e. The lowest BCUT2D eigenvalue weighted by Gasteiger charge is -2.10. The van der Waals surface area contributed by atoms with Crippen LogP contribution in [0, 0.1) is 11.6 Å². The Labute approximate surface area is 113 Å². The summed E-state index contributed by atoms with van der Waals surface area (Å²) in [5, 5.41) is 0. The molecule has 3 aromatic rings. The second-order valence-electron chi connectivity index (χ2n) is 4.18. The third-order valence-electron chi connectivity index (χ3n) is 2.92. The van der Waals surface area contributed by atoms with E-state index in [-0.39, 0.29) is 5.69 Å². The molecule has 4 nitrogen and oxygen atoms in total. The minimum absolute atomic E-state index is 0.196. The van der Waals surface area contributed by atoms with Gasteiger partial charge in [0.15, 0.2) is 0 Å². The van der Waals surface area contributed by atoms with E-state index in [1.807, 2.05) is 0 Å². The Balaban J connectivity index is 2.18.